The molecule has 0 saturated heterocycles. The van der Waals surface area contributed by atoms with Crippen molar-refractivity contribution in [3.8, 4) is 0 Å². The number of rotatable bonds is 2. The molecule has 0 radical (unpaired) electrons. The highest BCUT2D eigenvalue weighted by Crippen LogP contribution is 2.00. The van der Waals surface area contributed by atoms with Gasteiger partial charge in [0.05, 0.1) is 6.58 Å². The third-order valence-corrected chi connectivity index (χ3v) is 0.632. The van der Waals surface area contributed by atoms with Gasteiger partial charge in [-0.15, -0.1) is 0 Å². The van der Waals surface area contributed by atoms with Crippen molar-refractivity contribution in [2.45, 2.75) is 6.92 Å². The van der Waals surface area contributed by atoms with Crippen molar-refractivity contribution in [2.75, 3.05) is 0 Å². The molecule has 38 valence electrons. The molecule has 0 unspecified atom stereocenters. The average Bonchev–Trinajstić information content (AvgIpc) is 1.65. The first-order valence-electron chi connectivity index (χ1n) is 1.85. The predicted octanol–water partition coefficient (Wildman–Crippen LogP) is 0.851. The van der Waals surface area contributed by atoms with Crippen LogP contribution in [0.5, 0.6) is 0 Å². The van der Waals surface area contributed by atoms with Crippen LogP contribution in [-0.2, 0) is 4.79 Å². The molecular weight excluding hydrogens is 92.1 g/mol. The summed E-state index contributed by atoms with van der Waals surface area (Å²) in [5.41, 5.74) is 0. The zero-order valence-corrected chi connectivity index (χ0v) is 4.14. The Morgan fingerprint density at radius 3 is 2.43 bits per heavy atom. The van der Waals surface area contributed by atoms with Crippen LogP contribution >= 0.6 is 0 Å². The molecule has 2 nitrogen and oxygen atoms in total. The van der Waals surface area contributed by atoms with Gasteiger partial charge in [-0.2, -0.15) is 0 Å². The Bertz CT molecular complexity index is 86.1. The molecule has 7 heavy (non-hydrogen) atoms. The van der Waals surface area contributed by atoms with Crippen molar-refractivity contribution < 1.29 is 9.90 Å². The SMILES string of the molecule is C=C(O)[C+](C)C=O. The van der Waals surface area contributed by atoms with Crippen LogP contribution in [0.1, 0.15) is 6.92 Å². The van der Waals surface area contributed by atoms with E-state index in [2.05, 4.69) is 6.58 Å². The third kappa shape index (κ3) is 1.87. The van der Waals surface area contributed by atoms with Gasteiger partial charge in [-0.25, -0.2) is 0 Å². The first-order chi connectivity index (χ1) is 3.18. The average molecular weight is 99.1 g/mol. The van der Waals surface area contributed by atoms with E-state index in [1.165, 1.54) is 6.92 Å². The van der Waals surface area contributed by atoms with Gasteiger partial charge in [0, 0.05) is 6.92 Å². The van der Waals surface area contributed by atoms with Crippen LogP contribution in [0, 0.1) is 5.92 Å². The van der Waals surface area contributed by atoms with E-state index >= 15 is 0 Å². The molecule has 0 amide bonds. The van der Waals surface area contributed by atoms with Crippen molar-refractivity contribution in [1.29, 1.82) is 0 Å². The van der Waals surface area contributed by atoms with Crippen molar-refractivity contribution in [1.82, 2.24) is 0 Å². The topological polar surface area (TPSA) is 37.3 Å². The summed E-state index contributed by atoms with van der Waals surface area (Å²) in [5, 5.41) is 8.36. The minimum atomic E-state index is -0.157. The largest absolute Gasteiger partial charge is 0.477 e. The Morgan fingerprint density at radius 1 is 2.00 bits per heavy atom. The summed E-state index contributed by atoms with van der Waals surface area (Å²) in [6.07, 6.45) is 0.558. The van der Waals surface area contributed by atoms with E-state index in [0.29, 0.717) is 6.29 Å². The first-order valence-corrected chi connectivity index (χ1v) is 1.85. The number of hydrogen-bond acceptors (Lipinski definition) is 2. The monoisotopic (exact) mass is 99.0 g/mol. The van der Waals surface area contributed by atoms with Gasteiger partial charge in [-0.05, 0) is 0 Å². The van der Waals surface area contributed by atoms with Crippen LogP contribution in [0.3, 0.4) is 0 Å². The second kappa shape index (κ2) is 2.29. The van der Waals surface area contributed by atoms with Crippen LogP contribution in [0.25, 0.3) is 0 Å². The molecule has 0 aliphatic carbocycles. The van der Waals surface area contributed by atoms with Gasteiger partial charge in [-0.3, -0.25) is 4.79 Å². The molecule has 0 bridgehead atoms. The quantitative estimate of drug-likeness (QED) is 0.316. The van der Waals surface area contributed by atoms with E-state index in [1.54, 1.807) is 0 Å². The summed E-state index contributed by atoms with van der Waals surface area (Å²) in [6.45, 7) is 4.61. The molecule has 0 aromatic rings. The number of hydrogen-bond donors (Lipinski definition) is 1. The lowest BCUT2D eigenvalue weighted by Crippen LogP contribution is -1.93. The molecule has 0 atom stereocenters. The predicted molar refractivity (Wildman–Crippen MR) is 26.7 cm³/mol. The van der Waals surface area contributed by atoms with Crippen molar-refractivity contribution >= 4 is 6.29 Å². The molecule has 0 spiro atoms. The zero-order valence-electron chi connectivity index (χ0n) is 4.14. The fourth-order valence-electron chi connectivity index (χ4n) is 0.0680. The molecule has 0 aliphatic rings. The van der Waals surface area contributed by atoms with E-state index < -0.39 is 0 Å². The molecule has 0 aliphatic heterocycles. The maximum atomic E-state index is 9.69. The Balaban J connectivity index is 3.55. The molecule has 0 rings (SSSR count). The number of allylic oxidation sites excluding steroid dienone is 1. The van der Waals surface area contributed by atoms with Crippen molar-refractivity contribution in [2.24, 2.45) is 0 Å². The maximum Gasteiger partial charge on any atom is 0.281 e. The van der Waals surface area contributed by atoms with Crippen LogP contribution in [0.4, 0.5) is 0 Å². The molecule has 1 N–H and O–H groups in total. The molecule has 0 saturated carbocycles. The second-order valence-electron chi connectivity index (χ2n) is 1.25. The van der Waals surface area contributed by atoms with Gasteiger partial charge >= 0.3 is 0 Å². The van der Waals surface area contributed by atoms with E-state index in [9.17, 15) is 4.79 Å². The summed E-state index contributed by atoms with van der Waals surface area (Å²) < 4.78 is 0. The van der Waals surface area contributed by atoms with Gasteiger partial charge in [0.25, 0.3) is 5.76 Å². The van der Waals surface area contributed by atoms with Crippen LogP contribution in [-0.4, -0.2) is 11.4 Å². The lowest BCUT2D eigenvalue weighted by Gasteiger charge is -1.84. The lowest BCUT2D eigenvalue weighted by molar-refractivity contribution is -0.106. The number of aliphatic hydroxyl groups excluding tert-OH is 1. The summed E-state index contributed by atoms with van der Waals surface area (Å²) in [6, 6.07) is 0. The molecule has 0 heterocycles. The fourth-order valence-corrected chi connectivity index (χ4v) is 0.0680. The molecule has 0 aromatic heterocycles. The van der Waals surface area contributed by atoms with Crippen molar-refractivity contribution in [3.05, 3.63) is 18.3 Å². The minimum Gasteiger partial charge on any atom is -0.477 e. The Kier molecular flexibility index (Phi) is 1.99. The van der Waals surface area contributed by atoms with Gasteiger partial charge < -0.3 is 5.11 Å². The van der Waals surface area contributed by atoms with E-state index in [-0.39, 0.29) is 11.7 Å². The second-order valence-corrected chi connectivity index (χ2v) is 1.25. The summed E-state index contributed by atoms with van der Waals surface area (Å²) in [5.74, 6) is 0.120. The van der Waals surface area contributed by atoms with E-state index in [1.807, 2.05) is 0 Å². The highest BCUT2D eigenvalue weighted by molar-refractivity contribution is 5.72. The van der Waals surface area contributed by atoms with Crippen LogP contribution < -0.4 is 0 Å². The van der Waals surface area contributed by atoms with Crippen molar-refractivity contribution in [3.63, 3.8) is 0 Å². The van der Waals surface area contributed by atoms with Gasteiger partial charge in [0.2, 0.25) is 6.29 Å². The number of aldehydes is 1. The standard InChI is InChI=1S/C5H6O2/c1-4(3-6)5(2)7/h3H,2H2,1H3/p+1. The first kappa shape index (κ1) is 6.08. The van der Waals surface area contributed by atoms with Gasteiger partial charge in [0.1, 0.15) is 0 Å². The van der Waals surface area contributed by atoms with E-state index in [4.69, 9.17) is 5.11 Å². The summed E-state index contributed by atoms with van der Waals surface area (Å²) >= 11 is 0. The van der Waals surface area contributed by atoms with Crippen LogP contribution in [0.2, 0.25) is 0 Å². The van der Waals surface area contributed by atoms with E-state index in [0.717, 1.165) is 0 Å². The Morgan fingerprint density at radius 2 is 2.43 bits per heavy atom. The fraction of sp³-hybridized carbons (Fsp3) is 0.200. The smallest absolute Gasteiger partial charge is 0.281 e. The number of carbonyl (C=O) groups excluding carboxylic acids is 1. The Labute approximate surface area is 42.5 Å². The van der Waals surface area contributed by atoms with Gasteiger partial charge in [0.15, 0.2) is 5.92 Å². The molecule has 0 fully saturated rings. The number of aliphatic hydroxyl groups is 1. The minimum absolute atomic E-state index is 0.157. The highest BCUT2D eigenvalue weighted by atomic mass is 16.3. The Hall–Kier alpha value is -0.920. The summed E-state index contributed by atoms with van der Waals surface area (Å²) in [7, 11) is 0. The van der Waals surface area contributed by atoms with Gasteiger partial charge in [-0.1, -0.05) is 0 Å². The highest BCUT2D eigenvalue weighted by Gasteiger charge is 2.10. The maximum absolute atomic E-state index is 9.69. The van der Waals surface area contributed by atoms with Crippen LogP contribution in [0.15, 0.2) is 12.3 Å². The normalized spacial score (nSPS) is 7.57. The molecular formula is C5H7O2+. The third-order valence-electron chi connectivity index (χ3n) is 0.632. The zero-order chi connectivity index (χ0) is 5.86. The molecule has 2 heteroatoms. The number of carbonyl (C=O) groups is 1. The molecule has 0 aromatic carbocycles. The summed E-state index contributed by atoms with van der Waals surface area (Å²) in [4.78, 5) is 9.69. The lowest BCUT2D eigenvalue weighted by atomic mass is 10.2.